The number of piperidine rings is 1. The maximum absolute atomic E-state index is 13.0. The maximum Gasteiger partial charge on any atom is 0.319 e. The van der Waals surface area contributed by atoms with Crippen LogP contribution < -0.4 is 0 Å². The minimum absolute atomic E-state index is 0.0871. The molecule has 5 heteroatoms. The number of benzene rings is 1. The topological polar surface area (TPSA) is 65.6 Å². The molecule has 1 aromatic heterocycles. The van der Waals surface area contributed by atoms with Crippen LogP contribution in [-0.2, 0) is 21.4 Å². The van der Waals surface area contributed by atoms with Gasteiger partial charge in [0.25, 0.3) is 0 Å². The van der Waals surface area contributed by atoms with Gasteiger partial charge in [-0.1, -0.05) is 6.92 Å². The molecular weight excluding hydrogens is 304 g/mol. The first-order valence-corrected chi connectivity index (χ1v) is 8.64. The zero-order chi connectivity index (χ0) is 17.1. The zero-order valence-corrected chi connectivity index (χ0v) is 14.4. The average Bonchev–Trinajstić information content (AvgIpc) is 2.90. The summed E-state index contributed by atoms with van der Waals surface area (Å²) < 4.78 is 5.28. The van der Waals surface area contributed by atoms with Crippen LogP contribution in [0.4, 0.5) is 0 Å². The smallest absolute Gasteiger partial charge is 0.319 e. The summed E-state index contributed by atoms with van der Waals surface area (Å²) in [7, 11) is 1.48. The van der Waals surface area contributed by atoms with Crippen LogP contribution in [0.5, 0.6) is 5.75 Å². The number of carbonyl (C=O) groups excluding carboxylic acids is 1. The highest BCUT2D eigenvalue weighted by Crippen LogP contribution is 2.47. The average molecular weight is 328 g/mol. The van der Waals surface area contributed by atoms with Crippen LogP contribution in [0.2, 0.25) is 0 Å². The zero-order valence-electron chi connectivity index (χ0n) is 14.4. The fraction of sp³-hybridized carbons (Fsp3) is 0.526. The number of aromatic amines is 1. The van der Waals surface area contributed by atoms with Crippen molar-refractivity contribution in [3.05, 3.63) is 29.5 Å². The molecule has 2 aromatic rings. The SMILES string of the molecule is COC(=O)C12C[C@H](C)CN(CCc3c1[nH]c1ccc(O)cc31)C2C. The third-order valence-electron chi connectivity index (χ3n) is 6.01. The van der Waals surface area contributed by atoms with Crippen LogP contribution in [0.1, 0.15) is 31.5 Å². The molecule has 0 radical (unpaired) electrons. The molecule has 2 bridgehead atoms. The highest BCUT2D eigenvalue weighted by atomic mass is 16.5. The summed E-state index contributed by atoms with van der Waals surface area (Å²) in [5.74, 6) is 0.516. The molecule has 1 saturated heterocycles. The summed E-state index contributed by atoms with van der Waals surface area (Å²) >= 11 is 0. The number of H-pyrrole nitrogens is 1. The largest absolute Gasteiger partial charge is 0.508 e. The molecule has 1 aromatic carbocycles. The predicted octanol–water partition coefficient (Wildman–Crippen LogP) is 2.57. The van der Waals surface area contributed by atoms with Gasteiger partial charge in [-0.05, 0) is 49.4 Å². The fourth-order valence-electron chi connectivity index (χ4n) is 4.92. The number of methoxy groups -OCH3 is 1. The molecule has 2 aliphatic heterocycles. The number of phenolic OH excluding ortho intramolecular Hbond substituents is 1. The van der Waals surface area contributed by atoms with Gasteiger partial charge < -0.3 is 14.8 Å². The lowest BCUT2D eigenvalue weighted by molar-refractivity contribution is -0.154. The quantitative estimate of drug-likeness (QED) is 0.790. The lowest BCUT2D eigenvalue weighted by atomic mass is 9.68. The van der Waals surface area contributed by atoms with E-state index in [0.29, 0.717) is 5.92 Å². The lowest BCUT2D eigenvalue weighted by Crippen LogP contribution is -2.59. The summed E-state index contributed by atoms with van der Waals surface area (Å²) in [5, 5.41) is 10.9. The van der Waals surface area contributed by atoms with E-state index in [4.69, 9.17) is 4.74 Å². The molecule has 0 spiro atoms. The van der Waals surface area contributed by atoms with Crippen molar-refractivity contribution < 1.29 is 14.6 Å². The molecule has 2 N–H and O–H groups in total. The van der Waals surface area contributed by atoms with Crippen LogP contribution in [0, 0.1) is 5.92 Å². The van der Waals surface area contributed by atoms with Gasteiger partial charge in [0.15, 0.2) is 0 Å². The van der Waals surface area contributed by atoms with Crippen molar-refractivity contribution >= 4 is 16.9 Å². The number of fused-ring (bicyclic) bond motifs is 6. The number of nitrogens with zero attached hydrogens (tertiary/aromatic N) is 1. The first kappa shape index (κ1) is 15.5. The van der Waals surface area contributed by atoms with Crippen LogP contribution in [0.25, 0.3) is 10.9 Å². The third kappa shape index (κ3) is 1.94. The van der Waals surface area contributed by atoms with E-state index < -0.39 is 5.41 Å². The van der Waals surface area contributed by atoms with Gasteiger partial charge in [0.1, 0.15) is 11.2 Å². The summed E-state index contributed by atoms with van der Waals surface area (Å²) in [4.78, 5) is 18.9. The second-order valence-corrected chi connectivity index (χ2v) is 7.40. The van der Waals surface area contributed by atoms with Crippen molar-refractivity contribution in [2.24, 2.45) is 5.92 Å². The number of hydrogen-bond donors (Lipinski definition) is 2. The number of aromatic hydroxyl groups is 1. The van der Waals surface area contributed by atoms with Crippen molar-refractivity contribution in [2.45, 2.75) is 38.1 Å². The van der Waals surface area contributed by atoms with Crippen molar-refractivity contribution in [3.8, 4) is 5.75 Å². The number of phenols is 1. The van der Waals surface area contributed by atoms with Crippen molar-refractivity contribution in [1.29, 1.82) is 0 Å². The van der Waals surface area contributed by atoms with Gasteiger partial charge in [-0.25, -0.2) is 0 Å². The molecule has 3 unspecified atom stereocenters. The monoisotopic (exact) mass is 328 g/mol. The summed E-state index contributed by atoms with van der Waals surface area (Å²) in [6, 6.07) is 5.46. The van der Waals surface area contributed by atoms with E-state index in [0.717, 1.165) is 48.1 Å². The van der Waals surface area contributed by atoms with Gasteiger partial charge in [-0.2, -0.15) is 0 Å². The van der Waals surface area contributed by atoms with Gasteiger partial charge in [-0.15, -0.1) is 0 Å². The number of nitrogens with one attached hydrogen (secondary N) is 1. The minimum atomic E-state index is -0.674. The van der Waals surface area contributed by atoms with Gasteiger partial charge in [-0.3, -0.25) is 9.69 Å². The standard InChI is InChI=1S/C19H24N2O3/c1-11-9-19(18(23)24-3)12(2)21(10-11)7-6-14-15-8-13(22)4-5-16(15)20-17(14)19/h4-5,8,11-12,20,22H,6-7,9-10H2,1-3H3/t11-,12?,19?/m0/s1. The molecular formula is C19H24N2O3. The van der Waals surface area contributed by atoms with Crippen LogP contribution in [0.15, 0.2) is 18.2 Å². The highest BCUT2D eigenvalue weighted by Gasteiger charge is 2.55. The summed E-state index contributed by atoms with van der Waals surface area (Å²) in [6.07, 6.45) is 1.65. The van der Waals surface area contributed by atoms with Gasteiger partial charge in [0.05, 0.1) is 7.11 Å². The van der Waals surface area contributed by atoms with E-state index in [1.807, 2.05) is 6.07 Å². The van der Waals surface area contributed by atoms with E-state index in [9.17, 15) is 9.90 Å². The van der Waals surface area contributed by atoms with Gasteiger partial charge >= 0.3 is 5.97 Å². The summed E-state index contributed by atoms with van der Waals surface area (Å²) in [5.41, 5.74) is 2.43. The molecule has 0 aliphatic carbocycles. The molecule has 2 aliphatic rings. The van der Waals surface area contributed by atoms with Gasteiger partial charge in [0.2, 0.25) is 0 Å². The van der Waals surface area contributed by atoms with E-state index in [1.54, 1.807) is 12.1 Å². The van der Waals surface area contributed by atoms with E-state index in [1.165, 1.54) is 7.11 Å². The molecule has 24 heavy (non-hydrogen) atoms. The Hall–Kier alpha value is -2.01. The third-order valence-corrected chi connectivity index (χ3v) is 6.01. The fourth-order valence-corrected chi connectivity index (χ4v) is 4.92. The predicted molar refractivity (Wildman–Crippen MR) is 92.2 cm³/mol. The summed E-state index contributed by atoms with van der Waals surface area (Å²) in [6.45, 7) is 6.27. The molecule has 3 heterocycles. The van der Waals surface area contributed by atoms with Crippen LogP contribution >= 0.6 is 0 Å². The molecule has 4 rings (SSSR count). The Morgan fingerprint density at radius 1 is 1.42 bits per heavy atom. The van der Waals surface area contributed by atoms with Crippen molar-refractivity contribution in [2.75, 3.05) is 20.2 Å². The van der Waals surface area contributed by atoms with Gasteiger partial charge in [0, 0.05) is 35.7 Å². The second kappa shape index (κ2) is 5.24. The van der Waals surface area contributed by atoms with Crippen molar-refractivity contribution in [1.82, 2.24) is 9.88 Å². The number of hydrogen-bond acceptors (Lipinski definition) is 4. The van der Waals surface area contributed by atoms with E-state index in [-0.39, 0.29) is 17.8 Å². The molecule has 5 nitrogen and oxygen atoms in total. The van der Waals surface area contributed by atoms with Crippen molar-refractivity contribution in [3.63, 3.8) is 0 Å². The first-order valence-electron chi connectivity index (χ1n) is 8.64. The molecule has 4 atom stereocenters. The molecule has 1 fully saturated rings. The normalized spacial score (nSPS) is 32.2. The van der Waals surface area contributed by atoms with E-state index in [2.05, 4.69) is 23.7 Å². The highest BCUT2D eigenvalue weighted by molar-refractivity contribution is 5.92. The lowest BCUT2D eigenvalue weighted by Gasteiger charge is -2.47. The number of carbonyl (C=O) groups is 1. The number of esters is 1. The van der Waals surface area contributed by atoms with Crippen LogP contribution in [0.3, 0.4) is 0 Å². The maximum atomic E-state index is 13.0. The Bertz CT molecular complexity index is 812. The molecule has 0 amide bonds. The molecule has 128 valence electrons. The molecule has 0 saturated carbocycles. The van der Waals surface area contributed by atoms with E-state index >= 15 is 0 Å². The first-order chi connectivity index (χ1) is 11.5. The number of rotatable bonds is 1. The Kier molecular flexibility index (Phi) is 3.39. The second-order valence-electron chi connectivity index (χ2n) is 7.40. The van der Waals surface area contributed by atoms with Crippen LogP contribution in [-0.4, -0.2) is 47.2 Å². The minimum Gasteiger partial charge on any atom is -0.508 e. The Morgan fingerprint density at radius 3 is 2.96 bits per heavy atom. The number of ether oxygens (including phenoxy) is 1. The number of aromatic nitrogens is 1. The Balaban J connectivity index is 2.03. The Morgan fingerprint density at radius 2 is 2.21 bits per heavy atom. The Labute approximate surface area is 141 Å².